The highest BCUT2D eigenvalue weighted by molar-refractivity contribution is 5.93. The predicted molar refractivity (Wildman–Crippen MR) is 107 cm³/mol. The second-order valence-corrected chi connectivity index (χ2v) is 5.90. The minimum absolute atomic E-state index is 0.148. The number of nitrogens with zero attached hydrogens (tertiary/aromatic N) is 3. The summed E-state index contributed by atoms with van der Waals surface area (Å²) in [4.78, 5) is 22.6. The molecule has 2 rings (SSSR count). The summed E-state index contributed by atoms with van der Waals surface area (Å²) < 4.78 is 5.41. The number of aromatic nitrogens is 1. The standard InChI is InChI=1S/C20H27N5O2/c1-4-22-20(25(2)15-17-8-5-6-10-18(17)27-3)24-13-12-23-19(26)16-9-7-11-21-14-16/h5-11,14H,4,12-13,15H2,1-3H3,(H,22,24)(H,23,26). The highest BCUT2D eigenvalue weighted by Gasteiger charge is 2.10. The van der Waals surface area contributed by atoms with Crippen LogP contribution in [0.15, 0.2) is 53.8 Å². The van der Waals surface area contributed by atoms with E-state index in [4.69, 9.17) is 4.74 Å². The zero-order chi connectivity index (χ0) is 19.5. The molecule has 144 valence electrons. The van der Waals surface area contributed by atoms with E-state index in [2.05, 4.69) is 20.6 Å². The SMILES string of the molecule is CCNC(=NCCNC(=O)c1cccnc1)N(C)Cc1ccccc1OC. The Morgan fingerprint density at radius 2 is 2.04 bits per heavy atom. The van der Waals surface area contributed by atoms with Gasteiger partial charge in [-0.3, -0.25) is 14.8 Å². The van der Waals surface area contributed by atoms with Crippen molar-refractivity contribution >= 4 is 11.9 Å². The molecule has 0 fully saturated rings. The topological polar surface area (TPSA) is 78.8 Å². The van der Waals surface area contributed by atoms with Crippen LogP contribution >= 0.6 is 0 Å². The normalized spacial score (nSPS) is 11.0. The molecule has 1 amide bonds. The molecule has 0 spiro atoms. The van der Waals surface area contributed by atoms with Crippen LogP contribution in [0.5, 0.6) is 5.75 Å². The third-order valence-electron chi connectivity index (χ3n) is 3.88. The first kappa shape index (κ1) is 20.2. The number of guanidine groups is 1. The number of benzene rings is 1. The second kappa shape index (κ2) is 10.8. The molecule has 0 aliphatic heterocycles. The molecule has 7 heteroatoms. The van der Waals surface area contributed by atoms with Crippen LogP contribution in [0.4, 0.5) is 0 Å². The molecule has 1 aromatic carbocycles. The number of carbonyl (C=O) groups excluding carboxylic acids is 1. The van der Waals surface area contributed by atoms with Crippen molar-refractivity contribution in [3.8, 4) is 5.75 Å². The molecular formula is C20H27N5O2. The lowest BCUT2D eigenvalue weighted by Gasteiger charge is -2.23. The van der Waals surface area contributed by atoms with Gasteiger partial charge in [0.2, 0.25) is 0 Å². The van der Waals surface area contributed by atoms with Crippen LogP contribution < -0.4 is 15.4 Å². The van der Waals surface area contributed by atoms with Crippen LogP contribution in [-0.4, -0.2) is 55.5 Å². The van der Waals surface area contributed by atoms with E-state index in [1.54, 1.807) is 31.6 Å². The number of rotatable bonds is 8. The maximum atomic E-state index is 12.0. The summed E-state index contributed by atoms with van der Waals surface area (Å²) in [5.74, 6) is 1.48. The number of carbonyl (C=O) groups is 1. The van der Waals surface area contributed by atoms with Crippen LogP contribution in [0.25, 0.3) is 0 Å². The van der Waals surface area contributed by atoms with Crippen LogP contribution in [0, 0.1) is 0 Å². The molecule has 7 nitrogen and oxygen atoms in total. The molecule has 2 aromatic rings. The smallest absolute Gasteiger partial charge is 0.252 e. The Bertz CT molecular complexity index is 749. The van der Waals surface area contributed by atoms with Crippen LogP contribution in [-0.2, 0) is 6.54 Å². The first-order valence-electron chi connectivity index (χ1n) is 8.95. The third-order valence-corrected chi connectivity index (χ3v) is 3.88. The van der Waals surface area contributed by atoms with Gasteiger partial charge < -0.3 is 20.3 Å². The van der Waals surface area contributed by atoms with Crippen molar-refractivity contribution < 1.29 is 9.53 Å². The minimum atomic E-state index is -0.148. The summed E-state index contributed by atoms with van der Waals surface area (Å²) in [6, 6.07) is 11.4. The van der Waals surface area contributed by atoms with Crippen molar-refractivity contribution in [3.63, 3.8) is 0 Å². The molecule has 2 N–H and O–H groups in total. The van der Waals surface area contributed by atoms with E-state index in [0.29, 0.717) is 25.2 Å². The Hall–Kier alpha value is -3.09. The maximum Gasteiger partial charge on any atom is 0.252 e. The van der Waals surface area contributed by atoms with E-state index in [9.17, 15) is 4.79 Å². The van der Waals surface area contributed by atoms with Gasteiger partial charge in [0.05, 0.1) is 19.2 Å². The maximum absolute atomic E-state index is 12.0. The van der Waals surface area contributed by atoms with Crippen molar-refractivity contribution in [2.24, 2.45) is 4.99 Å². The molecule has 1 heterocycles. The molecule has 0 aliphatic carbocycles. The Morgan fingerprint density at radius 3 is 2.74 bits per heavy atom. The molecule has 0 saturated carbocycles. The predicted octanol–water partition coefficient (Wildman–Crippen LogP) is 1.92. The van der Waals surface area contributed by atoms with Crippen LogP contribution in [0.1, 0.15) is 22.8 Å². The summed E-state index contributed by atoms with van der Waals surface area (Å²) >= 11 is 0. The molecule has 0 saturated heterocycles. The first-order chi connectivity index (χ1) is 13.2. The average molecular weight is 369 g/mol. The zero-order valence-corrected chi connectivity index (χ0v) is 16.1. The van der Waals surface area contributed by atoms with E-state index in [1.807, 2.05) is 43.1 Å². The number of pyridine rings is 1. The fourth-order valence-electron chi connectivity index (χ4n) is 2.56. The molecule has 0 atom stereocenters. The summed E-state index contributed by atoms with van der Waals surface area (Å²) in [5, 5.41) is 6.12. The van der Waals surface area contributed by atoms with Gasteiger partial charge in [-0.05, 0) is 25.1 Å². The number of para-hydroxylation sites is 1. The molecule has 0 unspecified atom stereocenters. The second-order valence-electron chi connectivity index (χ2n) is 5.90. The van der Waals surface area contributed by atoms with Crippen molar-refractivity contribution in [2.75, 3.05) is 33.8 Å². The Morgan fingerprint density at radius 1 is 1.22 bits per heavy atom. The van der Waals surface area contributed by atoms with Gasteiger partial charge in [-0.1, -0.05) is 18.2 Å². The van der Waals surface area contributed by atoms with Gasteiger partial charge in [0, 0.05) is 44.6 Å². The van der Waals surface area contributed by atoms with Crippen molar-refractivity contribution in [1.82, 2.24) is 20.5 Å². The minimum Gasteiger partial charge on any atom is -0.496 e. The quantitative estimate of drug-likeness (QED) is 0.422. The van der Waals surface area contributed by atoms with E-state index in [-0.39, 0.29) is 5.91 Å². The van der Waals surface area contributed by atoms with E-state index in [1.165, 1.54) is 0 Å². The van der Waals surface area contributed by atoms with Gasteiger partial charge in [0.15, 0.2) is 5.96 Å². The number of nitrogens with one attached hydrogen (secondary N) is 2. The van der Waals surface area contributed by atoms with E-state index >= 15 is 0 Å². The Labute approximate surface area is 160 Å². The van der Waals surface area contributed by atoms with Gasteiger partial charge in [-0.2, -0.15) is 0 Å². The van der Waals surface area contributed by atoms with Gasteiger partial charge in [-0.25, -0.2) is 0 Å². The number of aliphatic imine (C=N–C) groups is 1. The number of ether oxygens (including phenoxy) is 1. The number of hydrogen-bond acceptors (Lipinski definition) is 4. The van der Waals surface area contributed by atoms with Gasteiger partial charge in [0.1, 0.15) is 5.75 Å². The lowest BCUT2D eigenvalue weighted by molar-refractivity contribution is 0.0954. The Kier molecular flexibility index (Phi) is 8.09. The molecule has 0 bridgehead atoms. The summed E-state index contributed by atoms with van der Waals surface area (Å²) in [7, 11) is 3.64. The van der Waals surface area contributed by atoms with E-state index < -0.39 is 0 Å². The van der Waals surface area contributed by atoms with Crippen molar-refractivity contribution in [1.29, 1.82) is 0 Å². The fourth-order valence-corrected chi connectivity index (χ4v) is 2.56. The molecule has 0 aliphatic rings. The Balaban J connectivity index is 1.92. The van der Waals surface area contributed by atoms with Gasteiger partial charge in [-0.15, -0.1) is 0 Å². The van der Waals surface area contributed by atoms with Crippen molar-refractivity contribution in [3.05, 3.63) is 59.9 Å². The lowest BCUT2D eigenvalue weighted by atomic mass is 10.2. The number of hydrogen-bond donors (Lipinski definition) is 2. The highest BCUT2D eigenvalue weighted by atomic mass is 16.5. The number of amides is 1. The fraction of sp³-hybridized carbons (Fsp3) is 0.350. The average Bonchev–Trinajstić information content (AvgIpc) is 2.71. The monoisotopic (exact) mass is 369 g/mol. The summed E-state index contributed by atoms with van der Waals surface area (Å²) in [6.07, 6.45) is 3.19. The molecular weight excluding hydrogens is 342 g/mol. The van der Waals surface area contributed by atoms with Gasteiger partial charge in [0.25, 0.3) is 5.91 Å². The first-order valence-corrected chi connectivity index (χ1v) is 8.95. The lowest BCUT2D eigenvalue weighted by Crippen LogP contribution is -2.39. The molecule has 27 heavy (non-hydrogen) atoms. The summed E-state index contributed by atoms with van der Waals surface area (Å²) in [5.41, 5.74) is 1.62. The van der Waals surface area contributed by atoms with Crippen LogP contribution in [0.2, 0.25) is 0 Å². The highest BCUT2D eigenvalue weighted by Crippen LogP contribution is 2.18. The zero-order valence-electron chi connectivity index (χ0n) is 16.1. The van der Waals surface area contributed by atoms with Crippen LogP contribution in [0.3, 0.4) is 0 Å². The van der Waals surface area contributed by atoms with E-state index in [0.717, 1.165) is 23.8 Å². The molecule has 1 aromatic heterocycles. The summed E-state index contributed by atoms with van der Waals surface area (Å²) in [6.45, 7) is 4.38. The number of methoxy groups -OCH3 is 1. The van der Waals surface area contributed by atoms with Crippen molar-refractivity contribution in [2.45, 2.75) is 13.5 Å². The largest absolute Gasteiger partial charge is 0.496 e. The molecule has 0 radical (unpaired) electrons. The third kappa shape index (κ3) is 6.29. The van der Waals surface area contributed by atoms with Gasteiger partial charge >= 0.3 is 0 Å².